The van der Waals surface area contributed by atoms with Crippen LogP contribution in [0, 0.1) is 0 Å². The molecule has 9 rings (SSSR count). The van der Waals surface area contributed by atoms with Crippen LogP contribution in [0.4, 0.5) is 0 Å². The number of nitrogens with zero attached hydrogens (tertiary/aromatic N) is 9. The van der Waals surface area contributed by atoms with Gasteiger partial charge in [0.1, 0.15) is 58.2 Å². The van der Waals surface area contributed by atoms with E-state index in [1.165, 1.54) is 23.3 Å². The molecule has 5 aromatic heterocycles. The van der Waals surface area contributed by atoms with Crippen molar-refractivity contribution in [2.24, 2.45) is 15.3 Å². The van der Waals surface area contributed by atoms with Crippen LogP contribution in [-0.2, 0) is 59.0 Å². The van der Waals surface area contributed by atoms with Crippen LogP contribution in [0.3, 0.4) is 0 Å². The molecule has 24 nitrogen and oxygen atoms in total. The van der Waals surface area contributed by atoms with Crippen LogP contribution in [0.25, 0.3) is 54.6 Å². The Morgan fingerprint density at radius 1 is 0.495 bits per heavy atom. The third kappa shape index (κ3) is 28.9. The second-order valence-electron chi connectivity index (χ2n) is 17.9. The van der Waals surface area contributed by atoms with Crippen molar-refractivity contribution >= 4 is 53.4 Å². The summed E-state index contributed by atoms with van der Waals surface area (Å²) >= 11 is 0. The third-order valence-electron chi connectivity index (χ3n) is 11.3. The zero-order valence-electron chi connectivity index (χ0n) is 51.2. The summed E-state index contributed by atoms with van der Waals surface area (Å²) in [5.41, 5.74) is 31.0. The van der Waals surface area contributed by atoms with Gasteiger partial charge in [0, 0.05) is 52.6 Å². The summed E-state index contributed by atoms with van der Waals surface area (Å²) in [5, 5.41) is 18.6. The molecule has 0 aliphatic heterocycles. The predicted octanol–water partition coefficient (Wildman–Crippen LogP) is 11.6. The molecule has 466 valence electrons. The van der Waals surface area contributed by atoms with Gasteiger partial charge in [0.15, 0.2) is 17.6 Å². The van der Waals surface area contributed by atoms with E-state index in [0.717, 1.165) is 52.5 Å². The predicted molar refractivity (Wildman–Crippen MR) is 334 cm³/mol. The minimum Gasteiger partial charge on any atom is -0.855 e. The molecule has 0 radical (unpaired) electrons. The summed E-state index contributed by atoms with van der Waals surface area (Å²) in [6.45, 7) is 9.26. The minimum atomic E-state index is -0.679. The number of fused-ring (bicyclic) bond motifs is 1. The van der Waals surface area contributed by atoms with Crippen LogP contribution in [0.1, 0.15) is 112 Å². The van der Waals surface area contributed by atoms with Crippen molar-refractivity contribution in [2.75, 3.05) is 39.6 Å². The number of esters is 4. The number of carbonyl (C=O) groups excluding carboxylic acids is 5. The first-order chi connectivity index (χ1) is 43.8. The number of ether oxygens (including phenoxy) is 4. The van der Waals surface area contributed by atoms with Crippen molar-refractivity contribution in [2.45, 2.75) is 60.3 Å². The van der Waals surface area contributed by atoms with Gasteiger partial charge in [0.2, 0.25) is 0 Å². The quantitative estimate of drug-likeness (QED) is 0.00963. The van der Waals surface area contributed by atoms with Crippen LogP contribution in [0.5, 0.6) is 0 Å². The van der Waals surface area contributed by atoms with Crippen LogP contribution >= 0.6 is 0 Å². The fourth-order valence-corrected chi connectivity index (χ4v) is 7.59. The topological polar surface area (TPSA) is 360 Å². The molecule has 1 N–H and O–H groups in total. The van der Waals surface area contributed by atoms with Gasteiger partial charge in [-0.1, -0.05) is 144 Å². The summed E-state index contributed by atoms with van der Waals surface area (Å²) in [4.78, 5) is 66.2. The first-order valence-electron chi connectivity index (χ1n) is 28.1. The van der Waals surface area contributed by atoms with Gasteiger partial charge >= 0.3 is 53.4 Å². The summed E-state index contributed by atoms with van der Waals surface area (Å²) in [5.74, 6) is 2.23. The zero-order chi connectivity index (χ0) is 65.1. The Bertz CT molecular complexity index is 3680. The maximum atomic E-state index is 11.6. The molecule has 0 aliphatic rings. The molecule has 5 heterocycles. The molecule has 0 aliphatic carbocycles. The number of aromatic nitrogens is 1. The fourth-order valence-electron chi connectivity index (χ4n) is 7.59. The molecule has 0 unspecified atom stereocenters. The Balaban J connectivity index is 0.000000300. The molecule has 0 bridgehead atoms. The molecular weight excluding hydrogens is 1180 g/mol. The molecular formula is C66H67N10NaO14. The van der Waals surface area contributed by atoms with Crippen LogP contribution < -0.4 is 34.7 Å². The van der Waals surface area contributed by atoms with E-state index in [4.69, 9.17) is 53.6 Å². The van der Waals surface area contributed by atoms with Crippen LogP contribution in [0.2, 0.25) is 0 Å². The number of aldehydes is 1. The first-order valence-corrected chi connectivity index (χ1v) is 28.1. The van der Waals surface area contributed by atoms with Gasteiger partial charge in [0.25, 0.3) is 0 Å². The number of furan rings is 4. The van der Waals surface area contributed by atoms with Crippen molar-refractivity contribution in [3.63, 3.8) is 0 Å². The molecule has 0 fully saturated rings. The second-order valence-corrected chi connectivity index (χ2v) is 17.9. The summed E-state index contributed by atoms with van der Waals surface area (Å²) in [6, 6.07) is 54.0. The molecule has 4 aromatic carbocycles. The second kappa shape index (κ2) is 44.0. The molecule has 0 spiro atoms. The third-order valence-corrected chi connectivity index (χ3v) is 11.3. The number of carbonyl (C=O) groups is 5. The van der Waals surface area contributed by atoms with Gasteiger partial charge < -0.3 is 46.7 Å². The maximum Gasteiger partial charge on any atom is 1.00 e. The van der Waals surface area contributed by atoms with E-state index < -0.39 is 17.9 Å². The van der Waals surface area contributed by atoms with Gasteiger partial charge in [-0.2, -0.15) is 0 Å². The number of aromatic amines is 1. The summed E-state index contributed by atoms with van der Waals surface area (Å²) in [6.07, 6.45) is 6.20. The molecule has 0 amide bonds. The number of H-pyrrole nitrogens is 1. The smallest absolute Gasteiger partial charge is 0.855 e. The first kappa shape index (κ1) is 74.7. The Morgan fingerprint density at radius 3 is 1.21 bits per heavy atom. The normalized spacial score (nSPS) is 10.1. The van der Waals surface area contributed by atoms with E-state index in [2.05, 4.69) is 51.9 Å². The Labute approximate surface area is 546 Å². The van der Waals surface area contributed by atoms with Crippen molar-refractivity contribution in [3.05, 3.63) is 281 Å². The van der Waals surface area contributed by atoms with Gasteiger partial charge in [0.05, 0.1) is 31.9 Å². The Morgan fingerprint density at radius 2 is 0.868 bits per heavy atom. The number of benzene rings is 4. The molecule has 25 heteroatoms. The van der Waals surface area contributed by atoms with E-state index in [-0.39, 0.29) is 73.3 Å². The number of rotatable bonds is 22. The molecule has 9 aromatic rings. The van der Waals surface area contributed by atoms with Crippen molar-refractivity contribution in [1.29, 1.82) is 0 Å². The van der Waals surface area contributed by atoms with Gasteiger partial charge in [-0.25, -0.2) is 14.4 Å². The summed E-state index contributed by atoms with van der Waals surface area (Å²) < 4.78 is 41.3. The summed E-state index contributed by atoms with van der Waals surface area (Å²) in [7, 11) is 0. The van der Waals surface area contributed by atoms with E-state index in [1.807, 2.05) is 133 Å². The molecule has 0 saturated carbocycles. The average molecular weight is 1250 g/mol. The van der Waals surface area contributed by atoms with Gasteiger partial charge in [-0.15, -0.1) is 6.61 Å². The number of hydrogen-bond donors (Lipinski definition) is 1. The van der Waals surface area contributed by atoms with Crippen molar-refractivity contribution < 1.29 is 95.3 Å². The zero-order valence-corrected chi connectivity index (χ0v) is 53.2. The Hall–Kier alpha value is -10.5. The van der Waals surface area contributed by atoms with Crippen molar-refractivity contribution in [1.82, 2.24) is 4.98 Å². The SMILES string of the molecule is CCOC(=O)/C(=C/c1ccc(Cc2ccccc2)o1)N=[N+]=[N-].CCOC(=O)/C(=C/c1ccc(Cc2ccccc2)o1)N=[N+]=[N-].CCOC(=O)CN=[N+]=[N-].CCOC(=O)c1cc2oc(Cc3ccccc3)cc2[nH]1.CC[O-].O=Cc1ccc(Cc2ccccc2)o1.[Na+]. The largest absolute Gasteiger partial charge is 1.00 e. The number of azide groups is 3. The average Bonchev–Trinajstić information content (AvgIpc) is 1.73. The number of nitrogens with one attached hydrogen (secondary N) is 1. The molecule has 91 heavy (non-hydrogen) atoms. The standard InChI is InChI=1S/2C16H15N3O3.C16H15NO3.C12H10O2.C4H7N3O2.C2H5O.Na/c2*1-2-21-16(20)15(18-19-17)11-14-9-8-13(22-14)10-12-6-4-3-5-7-12;1-2-19-16(18)14-10-15-13(17-14)9-12(20-15)8-11-6-4-3-5-7-11;13-9-12-7-6-11(14-12)8-10-4-2-1-3-5-10;1-2-9-4(8)3-6-7-5;1-2-3;/h2*3-9,11H,2,10H2,1H3;3-7,9-10,17H,2,8H2,1H3;1-7,9H,8H2;2-3H2,1H3;2H2,1H3;/q;;;;;-1;+1/b2*15-11-;;;;;. The van der Waals surface area contributed by atoms with E-state index in [9.17, 15) is 24.0 Å². The van der Waals surface area contributed by atoms with E-state index in [1.54, 1.807) is 58.9 Å². The van der Waals surface area contributed by atoms with E-state index in [0.29, 0.717) is 60.9 Å². The maximum absolute atomic E-state index is 11.6. The number of hydrogen-bond acceptors (Lipinski definition) is 17. The molecule has 0 atom stereocenters. The van der Waals surface area contributed by atoms with Gasteiger partial charge in [-0.3, -0.25) is 9.59 Å². The van der Waals surface area contributed by atoms with Gasteiger partial charge in [-0.05, 0) is 115 Å². The van der Waals surface area contributed by atoms with Crippen molar-refractivity contribution in [3.8, 4) is 0 Å². The van der Waals surface area contributed by atoms with E-state index >= 15 is 0 Å². The Kier molecular flexibility index (Phi) is 36.1. The van der Waals surface area contributed by atoms with Crippen LogP contribution in [0.15, 0.2) is 214 Å². The fraction of sp³-hybridized carbons (Fsp3) is 0.227. The monoisotopic (exact) mass is 1250 g/mol. The minimum absolute atomic E-state index is 0. The molecule has 0 saturated heterocycles. The van der Waals surface area contributed by atoms with Crippen LogP contribution in [-0.4, -0.2) is 74.7 Å².